The van der Waals surface area contributed by atoms with Crippen LogP contribution in [0.2, 0.25) is 0 Å². The Bertz CT molecular complexity index is 221. The van der Waals surface area contributed by atoms with Crippen LogP contribution in [0, 0.1) is 0 Å². The lowest BCUT2D eigenvalue weighted by molar-refractivity contribution is 0.884. The minimum atomic E-state index is 0.490. The molecule has 0 unspecified atom stereocenters. The summed E-state index contributed by atoms with van der Waals surface area (Å²) in [5, 5.41) is 3.32. The van der Waals surface area contributed by atoms with E-state index in [4.69, 9.17) is 0 Å². The zero-order valence-electron chi connectivity index (χ0n) is 7.06. The van der Waals surface area contributed by atoms with Crippen molar-refractivity contribution >= 4 is 21.6 Å². The van der Waals surface area contributed by atoms with Crippen LogP contribution in [0.5, 0.6) is 0 Å². The fraction of sp³-hybridized carbons (Fsp3) is 0.500. The Morgan fingerprint density at radius 2 is 2.18 bits per heavy atom. The van der Waals surface area contributed by atoms with E-state index >= 15 is 0 Å². The van der Waals surface area contributed by atoms with Crippen molar-refractivity contribution in [3.05, 3.63) is 16.9 Å². The topological polar surface area (TPSA) is 17.0 Å². The van der Waals surface area contributed by atoms with Gasteiger partial charge in [-0.25, -0.2) is 0 Å². The summed E-state index contributed by atoms with van der Waals surface area (Å²) in [7, 11) is 2.01. The van der Waals surface area contributed by atoms with Crippen molar-refractivity contribution in [2.75, 3.05) is 5.32 Å². The summed E-state index contributed by atoms with van der Waals surface area (Å²) in [4.78, 5) is 0. The molecule has 0 aliphatic heterocycles. The first kappa shape index (κ1) is 8.65. The monoisotopic (exact) mass is 216 g/mol. The molecule has 0 amide bonds. The van der Waals surface area contributed by atoms with E-state index in [0.717, 1.165) is 10.3 Å². The standard InChI is InChI=1S/C8H13BrN2/c1-6(2)10-7-4-8(9)11(3)5-7/h4-6,10H,1-3H3. The van der Waals surface area contributed by atoms with Crippen molar-refractivity contribution in [3.63, 3.8) is 0 Å². The number of nitrogens with one attached hydrogen (secondary N) is 1. The third-order valence-corrected chi connectivity index (χ3v) is 2.19. The molecule has 0 fully saturated rings. The Labute approximate surface area is 75.7 Å². The van der Waals surface area contributed by atoms with E-state index in [1.54, 1.807) is 0 Å². The van der Waals surface area contributed by atoms with Gasteiger partial charge in [0.15, 0.2) is 0 Å². The van der Waals surface area contributed by atoms with Crippen molar-refractivity contribution in [2.24, 2.45) is 7.05 Å². The van der Waals surface area contributed by atoms with Crippen molar-refractivity contribution in [1.82, 2.24) is 4.57 Å². The van der Waals surface area contributed by atoms with Gasteiger partial charge in [0, 0.05) is 19.3 Å². The van der Waals surface area contributed by atoms with E-state index in [-0.39, 0.29) is 0 Å². The maximum atomic E-state index is 3.43. The third kappa shape index (κ3) is 2.26. The van der Waals surface area contributed by atoms with E-state index in [2.05, 4.69) is 47.4 Å². The van der Waals surface area contributed by atoms with Crippen molar-refractivity contribution in [2.45, 2.75) is 19.9 Å². The summed E-state index contributed by atoms with van der Waals surface area (Å²) in [6.07, 6.45) is 2.06. The van der Waals surface area contributed by atoms with Crippen LogP contribution in [-0.2, 0) is 7.05 Å². The number of hydrogen-bond donors (Lipinski definition) is 1. The quantitative estimate of drug-likeness (QED) is 0.805. The molecule has 1 rings (SSSR count). The van der Waals surface area contributed by atoms with E-state index in [9.17, 15) is 0 Å². The molecule has 0 aromatic carbocycles. The van der Waals surface area contributed by atoms with Gasteiger partial charge in [-0.2, -0.15) is 0 Å². The van der Waals surface area contributed by atoms with Gasteiger partial charge in [-0.3, -0.25) is 0 Å². The minimum absolute atomic E-state index is 0.490. The molecule has 0 bridgehead atoms. The predicted molar refractivity (Wildman–Crippen MR) is 51.9 cm³/mol. The van der Waals surface area contributed by atoms with Crippen LogP contribution in [0.15, 0.2) is 16.9 Å². The molecule has 1 heterocycles. The number of halogens is 1. The predicted octanol–water partition coefficient (Wildman–Crippen LogP) is 2.61. The maximum absolute atomic E-state index is 3.43. The molecule has 0 atom stereocenters. The SMILES string of the molecule is CC(C)Nc1cc(Br)n(C)c1. The molecule has 1 N–H and O–H groups in total. The Balaban J connectivity index is 2.73. The lowest BCUT2D eigenvalue weighted by atomic mass is 10.4. The number of aromatic nitrogens is 1. The van der Waals surface area contributed by atoms with Gasteiger partial charge in [-0.05, 0) is 35.8 Å². The van der Waals surface area contributed by atoms with Gasteiger partial charge < -0.3 is 9.88 Å². The molecule has 0 aliphatic carbocycles. The van der Waals surface area contributed by atoms with E-state index in [1.807, 2.05) is 11.6 Å². The summed E-state index contributed by atoms with van der Waals surface area (Å²) in [6.45, 7) is 4.25. The average molecular weight is 217 g/mol. The second-order valence-electron chi connectivity index (χ2n) is 2.96. The first-order valence-electron chi connectivity index (χ1n) is 3.68. The van der Waals surface area contributed by atoms with Gasteiger partial charge in [0.1, 0.15) is 0 Å². The van der Waals surface area contributed by atoms with Gasteiger partial charge >= 0.3 is 0 Å². The van der Waals surface area contributed by atoms with Gasteiger partial charge in [0.05, 0.1) is 10.3 Å². The van der Waals surface area contributed by atoms with Gasteiger partial charge in [0.2, 0.25) is 0 Å². The minimum Gasteiger partial charge on any atom is -0.382 e. The molecule has 3 heteroatoms. The maximum Gasteiger partial charge on any atom is 0.0865 e. The van der Waals surface area contributed by atoms with Crippen LogP contribution < -0.4 is 5.32 Å². The Morgan fingerprint density at radius 3 is 2.55 bits per heavy atom. The summed E-state index contributed by atoms with van der Waals surface area (Å²) in [5.41, 5.74) is 1.16. The molecular formula is C8H13BrN2. The molecule has 0 radical (unpaired) electrons. The highest BCUT2D eigenvalue weighted by Gasteiger charge is 1.99. The highest BCUT2D eigenvalue weighted by molar-refractivity contribution is 9.10. The van der Waals surface area contributed by atoms with Gasteiger partial charge in [0.25, 0.3) is 0 Å². The zero-order chi connectivity index (χ0) is 8.43. The number of hydrogen-bond acceptors (Lipinski definition) is 1. The molecule has 0 saturated heterocycles. The fourth-order valence-electron chi connectivity index (χ4n) is 0.950. The van der Waals surface area contributed by atoms with E-state index in [0.29, 0.717) is 6.04 Å². The lowest BCUT2D eigenvalue weighted by Gasteiger charge is -2.05. The molecule has 2 nitrogen and oxygen atoms in total. The summed E-state index contributed by atoms with van der Waals surface area (Å²) >= 11 is 3.43. The van der Waals surface area contributed by atoms with Crippen molar-refractivity contribution in [3.8, 4) is 0 Å². The summed E-state index contributed by atoms with van der Waals surface area (Å²) < 4.78 is 3.13. The summed E-state index contributed by atoms with van der Waals surface area (Å²) in [6, 6.07) is 2.56. The highest BCUT2D eigenvalue weighted by atomic mass is 79.9. The normalized spacial score (nSPS) is 10.6. The Kier molecular flexibility index (Phi) is 2.60. The van der Waals surface area contributed by atoms with Gasteiger partial charge in [-0.15, -0.1) is 0 Å². The molecule has 0 spiro atoms. The number of rotatable bonds is 2. The van der Waals surface area contributed by atoms with Crippen LogP contribution >= 0.6 is 15.9 Å². The van der Waals surface area contributed by atoms with Gasteiger partial charge in [-0.1, -0.05) is 0 Å². The molecule has 0 aliphatic rings. The van der Waals surface area contributed by atoms with E-state index in [1.165, 1.54) is 0 Å². The zero-order valence-corrected chi connectivity index (χ0v) is 8.64. The lowest BCUT2D eigenvalue weighted by Crippen LogP contribution is -2.08. The first-order valence-corrected chi connectivity index (χ1v) is 4.47. The van der Waals surface area contributed by atoms with Crippen LogP contribution in [0.3, 0.4) is 0 Å². The molecule has 0 saturated carbocycles. The van der Waals surface area contributed by atoms with Crippen LogP contribution in [-0.4, -0.2) is 10.6 Å². The van der Waals surface area contributed by atoms with E-state index < -0.39 is 0 Å². The molecular weight excluding hydrogens is 204 g/mol. The average Bonchev–Trinajstić information content (AvgIpc) is 2.10. The van der Waals surface area contributed by atoms with Crippen LogP contribution in [0.1, 0.15) is 13.8 Å². The van der Waals surface area contributed by atoms with Crippen LogP contribution in [0.25, 0.3) is 0 Å². The molecule has 11 heavy (non-hydrogen) atoms. The number of anilines is 1. The Hall–Kier alpha value is -0.440. The number of nitrogens with zero attached hydrogens (tertiary/aromatic N) is 1. The Morgan fingerprint density at radius 1 is 1.55 bits per heavy atom. The second kappa shape index (κ2) is 3.30. The second-order valence-corrected chi connectivity index (χ2v) is 3.77. The molecule has 1 aromatic heterocycles. The number of aryl methyl sites for hydroxylation is 1. The van der Waals surface area contributed by atoms with Crippen LogP contribution in [0.4, 0.5) is 5.69 Å². The smallest absolute Gasteiger partial charge is 0.0865 e. The highest BCUT2D eigenvalue weighted by Crippen LogP contribution is 2.18. The third-order valence-electron chi connectivity index (χ3n) is 1.40. The first-order chi connectivity index (χ1) is 5.09. The molecule has 62 valence electrons. The largest absolute Gasteiger partial charge is 0.382 e. The molecule has 1 aromatic rings. The van der Waals surface area contributed by atoms with Crippen molar-refractivity contribution < 1.29 is 0 Å². The summed E-state index contributed by atoms with van der Waals surface area (Å²) in [5.74, 6) is 0. The van der Waals surface area contributed by atoms with Crippen molar-refractivity contribution in [1.29, 1.82) is 0 Å². The fourth-order valence-corrected chi connectivity index (χ4v) is 1.30.